The van der Waals surface area contributed by atoms with Crippen molar-refractivity contribution in [1.82, 2.24) is 9.29 Å². The van der Waals surface area contributed by atoms with Gasteiger partial charge in [-0.2, -0.15) is 0 Å². The van der Waals surface area contributed by atoms with E-state index in [2.05, 4.69) is 101 Å². The van der Waals surface area contributed by atoms with Crippen LogP contribution in [-0.4, -0.2) is 59.7 Å². The molecule has 0 saturated heterocycles. The first-order valence-corrected chi connectivity index (χ1v) is 25.3. The van der Waals surface area contributed by atoms with Crippen LogP contribution in [0.1, 0.15) is 74.3 Å². The second kappa shape index (κ2) is 14.7. The molecule has 0 fully saturated rings. The maximum Gasteiger partial charge on any atom is 0.268 e. The van der Waals surface area contributed by atoms with E-state index in [9.17, 15) is 13.2 Å². The van der Waals surface area contributed by atoms with Crippen LogP contribution >= 0.6 is 28.3 Å². The number of ketones is 1. The Morgan fingerprint density at radius 1 is 0.980 bits per heavy atom. The van der Waals surface area contributed by atoms with Gasteiger partial charge < -0.3 is 14.2 Å². The van der Waals surface area contributed by atoms with E-state index in [1.54, 1.807) is 36.5 Å². The minimum absolute atomic E-state index is 0. The van der Waals surface area contributed by atoms with Gasteiger partial charge in [-0.05, 0) is 113 Å². The standard InChI is InChI=1S/C38H52BrN3O5SSi2.ClH/c1-25-12-15-29(16-13-25)48(44,45)42-23-27-18-19-40-31-22-32(36(43)35(42)34(27)31)41-28(24-46-49(8,9)37(2,3)4)20-26-14-17-33(30(39)21-26)47-50(10,11)38(5,6)7;/h12-17,21-23,28,41H,18-20,24H2,1-11H3;1H. The fraction of sp³-hybridized carbons (Fsp3) is 0.474. The molecule has 1 N–H and O–H groups in total. The van der Waals surface area contributed by atoms with Gasteiger partial charge in [-0.3, -0.25) is 9.79 Å². The molecule has 1 unspecified atom stereocenters. The van der Waals surface area contributed by atoms with Crippen molar-refractivity contribution in [2.24, 2.45) is 4.99 Å². The summed E-state index contributed by atoms with van der Waals surface area (Å²) in [7, 11) is -8.24. The Balaban J connectivity index is 0.00000583. The number of nitrogens with one attached hydrogen (secondary N) is 1. The van der Waals surface area contributed by atoms with Crippen molar-refractivity contribution in [1.29, 1.82) is 0 Å². The van der Waals surface area contributed by atoms with E-state index >= 15 is 0 Å². The quantitative estimate of drug-likeness (QED) is 0.194. The average molecular weight is 835 g/mol. The summed E-state index contributed by atoms with van der Waals surface area (Å²) in [5.74, 6) is 0.446. The van der Waals surface area contributed by atoms with Crippen molar-refractivity contribution < 1.29 is 22.1 Å². The van der Waals surface area contributed by atoms with Gasteiger partial charge in [0.25, 0.3) is 18.3 Å². The summed E-state index contributed by atoms with van der Waals surface area (Å²) in [6.07, 6.45) is 4.51. The highest BCUT2D eigenvalue weighted by atomic mass is 79.9. The van der Waals surface area contributed by atoms with Gasteiger partial charge in [0, 0.05) is 18.3 Å². The Hall–Kier alpha value is -2.49. The minimum Gasteiger partial charge on any atom is -0.543 e. The zero-order chi connectivity index (χ0) is 37.0. The Morgan fingerprint density at radius 3 is 2.20 bits per heavy atom. The first-order valence-electron chi connectivity index (χ1n) is 17.3. The summed E-state index contributed by atoms with van der Waals surface area (Å²) in [6, 6.07) is 12.6. The van der Waals surface area contributed by atoms with E-state index in [0.717, 1.165) is 26.9 Å². The summed E-state index contributed by atoms with van der Waals surface area (Å²) >= 11 is 3.77. The number of aryl methyl sites for hydroxylation is 1. The Kier molecular flexibility index (Phi) is 11.9. The molecular formula is C38H53BrClN3O5SSi2. The number of allylic oxidation sites excluding steroid dienone is 2. The predicted molar refractivity (Wildman–Crippen MR) is 219 cm³/mol. The number of benzene rings is 2. The molecule has 0 spiro atoms. The number of hydrogen-bond donors (Lipinski definition) is 1. The van der Waals surface area contributed by atoms with Gasteiger partial charge in [-0.25, -0.2) is 12.4 Å². The highest BCUT2D eigenvalue weighted by Crippen LogP contribution is 2.40. The maximum atomic E-state index is 14.4. The molecule has 8 nitrogen and oxygen atoms in total. The molecule has 13 heteroatoms. The van der Waals surface area contributed by atoms with Crippen LogP contribution in [0.2, 0.25) is 36.3 Å². The molecule has 0 saturated carbocycles. The lowest BCUT2D eigenvalue weighted by Gasteiger charge is -2.38. The topological polar surface area (TPSA) is 99.0 Å². The summed E-state index contributed by atoms with van der Waals surface area (Å²) in [6.45, 7) is 25.0. The van der Waals surface area contributed by atoms with Gasteiger partial charge in [0.2, 0.25) is 5.78 Å². The van der Waals surface area contributed by atoms with Crippen molar-refractivity contribution in [2.75, 3.05) is 13.2 Å². The summed E-state index contributed by atoms with van der Waals surface area (Å²) < 4.78 is 43.4. The molecule has 278 valence electrons. The smallest absolute Gasteiger partial charge is 0.268 e. The number of rotatable bonds is 11. The molecule has 1 aliphatic carbocycles. The van der Waals surface area contributed by atoms with E-state index in [-0.39, 0.29) is 44.9 Å². The summed E-state index contributed by atoms with van der Waals surface area (Å²) in [5, 5.41) is 3.57. The lowest BCUT2D eigenvalue weighted by Crippen LogP contribution is -2.46. The van der Waals surface area contributed by atoms with Crippen LogP contribution in [0.15, 0.2) is 74.8 Å². The molecule has 1 aromatic heterocycles. The van der Waals surface area contributed by atoms with Gasteiger partial charge >= 0.3 is 0 Å². The van der Waals surface area contributed by atoms with Crippen LogP contribution in [0.5, 0.6) is 5.75 Å². The van der Waals surface area contributed by atoms with Crippen molar-refractivity contribution in [3.05, 3.63) is 92.9 Å². The minimum atomic E-state index is -4.04. The Labute approximate surface area is 321 Å². The van der Waals surface area contributed by atoms with E-state index in [4.69, 9.17) is 13.8 Å². The second-order valence-corrected chi connectivity index (χ2v) is 28.8. The van der Waals surface area contributed by atoms with Gasteiger partial charge in [0.15, 0.2) is 8.32 Å². The fourth-order valence-electron chi connectivity index (χ4n) is 5.53. The molecule has 2 heterocycles. The van der Waals surface area contributed by atoms with Crippen molar-refractivity contribution >= 4 is 66.5 Å². The zero-order valence-corrected chi connectivity index (χ0v) is 37.0. The fourth-order valence-corrected chi connectivity index (χ4v) is 9.66. The second-order valence-electron chi connectivity index (χ2n) is 16.6. The highest BCUT2D eigenvalue weighted by molar-refractivity contribution is 9.10. The van der Waals surface area contributed by atoms with Crippen LogP contribution in [-0.2, 0) is 27.3 Å². The van der Waals surface area contributed by atoms with Gasteiger partial charge in [-0.15, -0.1) is 12.4 Å². The van der Waals surface area contributed by atoms with Crippen LogP contribution < -0.4 is 9.74 Å². The zero-order valence-electron chi connectivity index (χ0n) is 31.7. The number of carbonyl (C=O) groups excluding carboxylic acids is 1. The number of aliphatic imine (C=N–C) groups is 1. The van der Waals surface area contributed by atoms with Gasteiger partial charge in [0.1, 0.15) is 11.4 Å². The van der Waals surface area contributed by atoms with Crippen LogP contribution in [0, 0.1) is 6.92 Å². The maximum absolute atomic E-state index is 14.4. The lowest BCUT2D eigenvalue weighted by atomic mass is 9.92. The SMILES string of the molecule is Cc1ccc(S(=O)(=O)n2cc3c4c2C(=O)C(NC(CO[Si](C)(C)C(C)(C)C)Cc2ccc(O[Si](C)(C)C(C)(C)C)c(Br)c2)=CC4=NCC3)cc1.Cl. The lowest BCUT2D eigenvalue weighted by molar-refractivity contribution is 0.101. The molecule has 5 rings (SSSR count). The van der Waals surface area contributed by atoms with Crippen LogP contribution in [0.4, 0.5) is 0 Å². The average Bonchev–Trinajstić information content (AvgIpc) is 3.41. The molecule has 0 bridgehead atoms. The van der Waals surface area contributed by atoms with E-state index in [1.165, 1.54) is 3.97 Å². The van der Waals surface area contributed by atoms with Gasteiger partial charge in [0.05, 0.1) is 33.4 Å². The highest BCUT2D eigenvalue weighted by Gasteiger charge is 2.41. The number of nitrogens with zero attached hydrogens (tertiary/aromatic N) is 2. The normalized spacial score (nSPS) is 15.7. The summed E-state index contributed by atoms with van der Waals surface area (Å²) in [4.78, 5) is 19.3. The molecule has 2 aliphatic rings. The molecule has 51 heavy (non-hydrogen) atoms. The number of aromatic nitrogens is 1. The molecule has 0 amide bonds. The Morgan fingerprint density at radius 2 is 1.61 bits per heavy atom. The summed E-state index contributed by atoms with van der Waals surface area (Å²) in [5.41, 5.74) is 4.48. The van der Waals surface area contributed by atoms with Crippen molar-refractivity contribution in [2.45, 2.75) is 109 Å². The molecule has 1 aliphatic heterocycles. The molecular weight excluding hydrogens is 782 g/mol. The first-order chi connectivity index (χ1) is 23.0. The predicted octanol–water partition coefficient (Wildman–Crippen LogP) is 9.25. The largest absolute Gasteiger partial charge is 0.543 e. The third-order valence-corrected chi connectivity index (χ3v) is 21.9. The van der Waals surface area contributed by atoms with E-state index < -0.39 is 26.7 Å². The number of halogens is 2. The monoisotopic (exact) mass is 833 g/mol. The molecule has 1 atom stereocenters. The van der Waals surface area contributed by atoms with E-state index in [0.29, 0.717) is 43.0 Å². The van der Waals surface area contributed by atoms with Gasteiger partial charge in [-0.1, -0.05) is 65.3 Å². The molecule has 3 aromatic rings. The Bertz CT molecular complexity index is 1970. The van der Waals surface area contributed by atoms with Crippen LogP contribution in [0.3, 0.4) is 0 Å². The number of carbonyl (C=O) groups is 1. The van der Waals surface area contributed by atoms with Crippen molar-refractivity contribution in [3.8, 4) is 5.75 Å². The van der Waals surface area contributed by atoms with E-state index in [1.807, 2.05) is 13.0 Å². The number of Topliss-reactive ketones (excluding diaryl/α,β-unsaturated/α-hetero) is 1. The van der Waals surface area contributed by atoms with Crippen molar-refractivity contribution in [3.63, 3.8) is 0 Å². The number of hydrogen-bond acceptors (Lipinski definition) is 7. The third kappa shape index (κ3) is 8.51. The molecule has 2 aromatic carbocycles. The van der Waals surface area contributed by atoms with Crippen LogP contribution in [0.25, 0.3) is 0 Å². The first kappa shape index (κ1) is 41.3. The molecule has 0 radical (unpaired) electrons. The third-order valence-electron chi connectivity index (χ3n) is 10.8.